The number of amides is 1. The van der Waals surface area contributed by atoms with E-state index >= 15 is 0 Å². The fourth-order valence-electron chi connectivity index (χ4n) is 1.31. The number of carbonyl (C=O) groups is 2. The molecule has 0 heterocycles. The van der Waals surface area contributed by atoms with E-state index in [1.54, 1.807) is 0 Å². The highest BCUT2D eigenvalue weighted by atomic mass is 16.5. The summed E-state index contributed by atoms with van der Waals surface area (Å²) >= 11 is 0. The fraction of sp³-hybridized carbons (Fsp3) is 0.818. The molecule has 0 aromatic carbocycles. The number of carbonyl (C=O) groups excluding carboxylic acids is 1. The molecule has 0 aliphatic rings. The van der Waals surface area contributed by atoms with Crippen molar-refractivity contribution >= 4 is 11.9 Å². The molecule has 1 atom stereocenters. The standard InChI is InChI=1S/C11H21NO4/c1-3-9(16-4-2)11(15)12-8-6-5-7-10(13)14/h9H,3-8H2,1-2H3,(H,12,15)(H,13,14). The Labute approximate surface area is 96.2 Å². The van der Waals surface area contributed by atoms with Crippen molar-refractivity contribution in [3.8, 4) is 0 Å². The Kier molecular flexibility index (Phi) is 8.52. The molecule has 16 heavy (non-hydrogen) atoms. The van der Waals surface area contributed by atoms with E-state index in [2.05, 4.69) is 5.32 Å². The largest absolute Gasteiger partial charge is 0.481 e. The van der Waals surface area contributed by atoms with Crippen LogP contribution in [0.5, 0.6) is 0 Å². The minimum Gasteiger partial charge on any atom is -0.481 e. The van der Waals surface area contributed by atoms with Crippen LogP contribution in [0, 0.1) is 0 Å². The molecule has 0 aromatic heterocycles. The number of aliphatic carboxylic acids is 1. The van der Waals surface area contributed by atoms with Gasteiger partial charge in [0.05, 0.1) is 0 Å². The second-order valence-electron chi connectivity index (χ2n) is 3.49. The molecular formula is C11H21NO4. The van der Waals surface area contributed by atoms with Crippen LogP contribution in [0.25, 0.3) is 0 Å². The van der Waals surface area contributed by atoms with Gasteiger partial charge >= 0.3 is 5.97 Å². The van der Waals surface area contributed by atoms with Gasteiger partial charge in [-0.2, -0.15) is 0 Å². The Morgan fingerprint density at radius 1 is 1.31 bits per heavy atom. The number of ether oxygens (including phenoxy) is 1. The van der Waals surface area contributed by atoms with Crippen LogP contribution in [-0.4, -0.2) is 36.2 Å². The predicted octanol–water partition coefficient (Wildman–Crippen LogP) is 1.17. The predicted molar refractivity (Wildman–Crippen MR) is 60.2 cm³/mol. The van der Waals surface area contributed by atoms with Gasteiger partial charge in [0.2, 0.25) is 5.91 Å². The lowest BCUT2D eigenvalue weighted by Crippen LogP contribution is -2.36. The SMILES string of the molecule is CCOC(CC)C(=O)NCCCCC(=O)O. The summed E-state index contributed by atoms with van der Waals surface area (Å²) in [5.74, 6) is -0.910. The van der Waals surface area contributed by atoms with Gasteiger partial charge in [-0.25, -0.2) is 0 Å². The van der Waals surface area contributed by atoms with Crippen LogP contribution < -0.4 is 5.32 Å². The molecule has 0 radical (unpaired) electrons. The normalized spacial score (nSPS) is 12.1. The minimum atomic E-state index is -0.799. The summed E-state index contributed by atoms with van der Waals surface area (Å²) in [6.45, 7) is 4.77. The van der Waals surface area contributed by atoms with Gasteiger partial charge in [-0.05, 0) is 26.2 Å². The van der Waals surface area contributed by atoms with E-state index in [9.17, 15) is 9.59 Å². The van der Waals surface area contributed by atoms with Crippen molar-refractivity contribution in [1.82, 2.24) is 5.32 Å². The van der Waals surface area contributed by atoms with Gasteiger partial charge in [-0.1, -0.05) is 6.92 Å². The third-order valence-corrected chi connectivity index (χ3v) is 2.15. The maximum absolute atomic E-state index is 11.5. The minimum absolute atomic E-state index is 0.111. The van der Waals surface area contributed by atoms with Crippen LogP contribution in [0.1, 0.15) is 39.5 Å². The highest BCUT2D eigenvalue weighted by Gasteiger charge is 2.15. The summed E-state index contributed by atoms with van der Waals surface area (Å²) in [4.78, 5) is 21.7. The van der Waals surface area contributed by atoms with Crippen molar-refractivity contribution in [1.29, 1.82) is 0 Å². The van der Waals surface area contributed by atoms with Gasteiger partial charge in [0.15, 0.2) is 0 Å². The van der Waals surface area contributed by atoms with Crippen molar-refractivity contribution < 1.29 is 19.4 Å². The van der Waals surface area contributed by atoms with Crippen LogP contribution in [0.2, 0.25) is 0 Å². The van der Waals surface area contributed by atoms with E-state index in [1.807, 2.05) is 13.8 Å². The molecular weight excluding hydrogens is 210 g/mol. The van der Waals surface area contributed by atoms with E-state index < -0.39 is 5.97 Å². The molecule has 0 fully saturated rings. The van der Waals surface area contributed by atoms with E-state index in [0.29, 0.717) is 32.4 Å². The van der Waals surface area contributed by atoms with Crippen LogP contribution in [0.15, 0.2) is 0 Å². The van der Waals surface area contributed by atoms with Gasteiger partial charge < -0.3 is 15.2 Å². The van der Waals surface area contributed by atoms with Gasteiger partial charge in [-0.15, -0.1) is 0 Å². The quantitative estimate of drug-likeness (QED) is 0.584. The zero-order valence-corrected chi connectivity index (χ0v) is 9.99. The van der Waals surface area contributed by atoms with Crippen LogP contribution in [-0.2, 0) is 14.3 Å². The molecule has 0 saturated carbocycles. The van der Waals surface area contributed by atoms with Crippen LogP contribution in [0.4, 0.5) is 0 Å². The number of hydrogen-bond acceptors (Lipinski definition) is 3. The maximum Gasteiger partial charge on any atom is 0.303 e. The maximum atomic E-state index is 11.5. The third kappa shape index (κ3) is 7.23. The van der Waals surface area contributed by atoms with Crippen molar-refractivity contribution in [2.24, 2.45) is 0 Å². The number of rotatable bonds is 9. The second-order valence-corrected chi connectivity index (χ2v) is 3.49. The molecule has 0 aromatic rings. The molecule has 94 valence electrons. The summed E-state index contributed by atoms with van der Waals surface area (Å²) in [5.41, 5.74) is 0. The molecule has 5 heteroatoms. The average Bonchev–Trinajstić information content (AvgIpc) is 2.24. The molecule has 0 saturated heterocycles. The molecule has 0 bridgehead atoms. The molecule has 0 spiro atoms. The number of unbranched alkanes of at least 4 members (excludes halogenated alkanes) is 1. The number of carboxylic acids is 1. The monoisotopic (exact) mass is 231 g/mol. The first-order valence-electron chi connectivity index (χ1n) is 5.72. The zero-order chi connectivity index (χ0) is 12.4. The lowest BCUT2D eigenvalue weighted by molar-refractivity contribution is -0.137. The molecule has 0 rings (SSSR count). The summed E-state index contributed by atoms with van der Waals surface area (Å²) in [6, 6.07) is 0. The Morgan fingerprint density at radius 3 is 2.50 bits per heavy atom. The van der Waals surface area contributed by atoms with Gasteiger partial charge in [0.25, 0.3) is 0 Å². The number of nitrogens with one attached hydrogen (secondary N) is 1. The average molecular weight is 231 g/mol. The van der Waals surface area contributed by atoms with Crippen LogP contribution in [0.3, 0.4) is 0 Å². The first-order chi connectivity index (χ1) is 7.61. The molecule has 2 N–H and O–H groups in total. The Bertz CT molecular complexity index is 218. The lowest BCUT2D eigenvalue weighted by atomic mass is 10.2. The zero-order valence-electron chi connectivity index (χ0n) is 9.99. The van der Waals surface area contributed by atoms with Crippen molar-refractivity contribution in [3.63, 3.8) is 0 Å². The summed E-state index contributed by atoms with van der Waals surface area (Å²) in [7, 11) is 0. The van der Waals surface area contributed by atoms with E-state index in [4.69, 9.17) is 9.84 Å². The topological polar surface area (TPSA) is 75.6 Å². The molecule has 1 unspecified atom stereocenters. The van der Waals surface area contributed by atoms with Crippen molar-refractivity contribution in [2.75, 3.05) is 13.2 Å². The second kappa shape index (κ2) is 9.15. The summed E-state index contributed by atoms with van der Waals surface area (Å²) in [5, 5.41) is 11.1. The summed E-state index contributed by atoms with van der Waals surface area (Å²) in [6.07, 6.45) is 1.68. The van der Waals surface area contributed by atoms with E-state index in [0.717, 1.165) is 0 Å². The molecule has 0 aliphatic heterocycles. The molecule has 5 nitrogen and oxygen atoms in total. The highest BCUT2D eigenvalue weighted by Crippen LogP contribution is 1.99. The fourth-order valence-corrected chi connectivity index (χ4v) is 1.31. The van der Waals surface area contributed by atoms with Gasteiger partial charge in [0.1, 0.15) is 6.10 Å². The third-order valence-electron chi connectivity index (χ3n) is 2.15. The van der Waals surface area contributed by atoms with Gasteiger partial charge in [0, 0.05) is 19.6 Å². The number of hydrogen-bond donors (Lipinski definition) is 2. The smallest absolute Gasteiger partial charge is 0.303 e. The highest BCUT2D eigenvalue weighted by molar-refractivity contribution is 5.80. The van der Waals surface area contributed by atoms with Gasteiger partial charge in [-0.3, -0.25) is 9.59 Å². The molecule has 1 amide bonds. The van der Waals surface area contributed by atoms with E-state index in [1.165, 1.54) is 0 Å². The number of carboxylic acid groups (broad SMARTS) is 1. The summed E-state index contributed by atoms with van der Waals surface area (Å²) < 4.78 is 5.24. The molecule has 0 aliphatic carbocycles. The lowest BCUT2D eigenvalue weighted by Gasteiger charge is -2.14. The van der Waals surface area contributed by atoms with E-state index in [-0.39, 0.29) is 18.4 Å². The Morgan fingerprint density at radius 2 is 2.00 bits per heavy atom. The Hall–Kier alpha value is -1.10. The van der Waals surface area contributed by atoms with Crippen LogP contribution >= 0.6 is 0 Å². The first kappa shape index (κ1) is 14.9. The van der Waals surface area contributed by atoms with Crippen molar-refractivity contribution in [3.05, 3.63) is 0 Å². The first-order valence-corrected chi connectivity index (χ1v) is 5.72. The van der Waals surface area contributed by atoms with Crippen molar-refractivity contribution in [2.45, 2.75) is 45.6 Å². The Balaban J connectivity index is 3.59.